The molecule has 0 saturated carbocycles. The molecule has 1 atom stereocenters. The molecule has 1 unspecified atom stereocenters. The normalized spacial score (nSPS) is 15.9. The van der Waals surface area contributed by atoms with E-state index in [4.69, 9.17) is 21.4 Å². The van der Waals surface area contributed by atoms with Crippen LogP contribution >= 0.6 is 17.0 Å². The van der Waals surface area contributed by atoms with Crippen LogP contribution in [0.5, 0.6) is 0 Å². The molecule has 0 amide bonds. The van der Waals surface area contributed by atoms with Gasteiger partial charge in [0.2, 0.25) is 0 Å². The maximum absolute atomic E-state index is 6.70. The number of aryl methyl sites for hydroxylation is 2. The molecule has 4 rings (SSSR count). The zero-order chi connectivity index (χ0) is 21.8. The Kier molecular flexibility index (Phi) is 5.99. The minimum absolute atomic E-state index is 0.0863. The van der Waals surface area contributed by atoms with Gasteiger partial charge in [-0.2, -0.15) is 0 Å². The number of benzene rings is 2. The van der Waals surface area contributed by atoms with Crippen molar-refractivity contribution in [2.45, 2.75) is 50.6 Å². The first-order valence-electron chi connectivity index (χ1n) is 10.3. The summed E-state index contributed by atoms with van der Waals surface area (Å²) in [5, 5.41) is 0. The molecule has 4 heteroatoms. The third-order valence-electron chi connectivity index (χ3n) is 6.12. The van der Waals surface area contributed by atoms with Gasteiger partial charge in [0.15, 0.2) is 0 Å². The average Bonchev–Trinajstić information content (AvgIpc) is 3.25. The van der Waals surface area contributed by atoms with Crippen molar-refractivity contribution in [1.82, 2.24) is 0 Å². The van der Waals surface area contributed by atoms with E-state index in [2.05, 4.69) is 71.0 Å². The van der Waals surface area contributed by atoms with Crippen LogP contribution in [0, 0.1) is 20.8 Å². The van der Waals surface area contributed by atoms with Crippen molar-refractivity contribution in [1.29, 1.82) is 0 Å². The third kappa shape index (κ3) is 3.92. The molecule has 1 aliphatic rings. The molecule has 30 heavy (non-hydrogen) atoms. The SMILES string of the molecule is Cc1ccc(C2=Cc3c(cc(C)c(C)c3-c3ccc(C(C)(C)C)cc3)[CH]2[Zr]([Cl])[Cl])o1. The van der Waals surface area contributed by atoms with Crippen LogP contribution < -0.4 is 0 Å². The number of hydrogen-bond acceptors (Lipinski definition) is 1. The molecule has 2 aromatic carbocycles. The summed E-state index contributed by atoms with van der Waals surface area (Å²) in [6.07, 6.45) is 2.27. The molecule has 0 N–H and O–H groups in total. The summed E-state index contributed by atoms with van der Waals surface area (Å²) in [4.78, 5) is 0. The molecule has 1 aliphatic carbocycles. The zero-order valence-corrected chi connectivity index (χ0v) is 22.3. The first-order valence-corrected chi connectivity index (χ1v) is 18.0. The number of furan rings is 1. The van der Waals surface area contributed by atoms with Gasteiger partial charge in [-0.1, -0.05) is 0 Å². The Morgan fingerprint density at radius 1 is 0.933 bits per heavy atom. The summed E-state index contributed by atoms with van der Waals surface area (Å²) in [6.45, 7) is 13.1. The molecule has 0 radical (unpaired) electrons. The molecular weight excluding hydrogens is 490 g/mol. The molecule has 0 bridgehead atoms. The van der Waals surface area contributed by atoms with Gasteiger partial charge in [-0.25, -0.2) is 0 Å². The van der Waals surface area contributed by atoms with Gasteiger partial charge in [-0.15, -0.1) is 0 Å². The topological polar surface area (TPSA) is 13.1 Å². The number of halogens is 2. The summed E-state index contributed by atoms with van der Waals surface area (Å²) < 4.78 is 6.07. The molecule has 3 aromatic rings. The number of allylic oxidation sites excluding steroid dienone is 1. The fraction of sp³-hybridized carbons (Fsp3) is 0.308. The van der Waals surface area contributed by atoms with Crippen molar-refractivity contribution in [2.75, 3.05) is 0 Å². The summed E-state index contributed by atoms with van der Waals surface area (Å²) >= 11 is -2.66. The van der Waals surface area contributed by atoms with Gasteiger partial charge < -0.3 is 0 Å². The minimum atomic E-state index is -2.66. The van der Waals surface area contributed by atoms with Crippen molar-refractivity contribution < 1.29 is 23.8 Å². The predicted octanol–water partition coefficient (Wildman–Crippen LogP) is 8.69. The van der Waals surface area contributed by atoms with Gasteiger partial charge in [0.25, 0.3) is 0 Å². The monoisotopic (exact) mass is 515 g/mol. The van der Waals surface area contributed by atoms with Crippen LogP contribution in [0.15, 0.2) is 46.9 Å². The van der Waals surface area contributed by atoms with E-state index in [-0.39, 0.29) is 9.04 Å². The van der Waals surface area contributed by atoms with Crippen LogP contribution in [-0.2, 0) is 24.8 Å². The molecule has 1 heterocycles. The Hall–Kier alpha value is -1.08. The van der Waals surface area contributed by atoms with Crippen LogP contribution in [0.3, 0.4) is 0 Å². The van der Waals surface area contributed by atoms with E-state index in [1.54, 1.807) is 0 Å². The molecule has 0 aliphatic heterocycles. The Morgan fingerprint density at radius 3 is 2.13 bits per heavy atom. The van der Waals surface area contributed by atoms with Gasteiger partial charge >= 0.3 is 196 Å². The van der Waals surface area contributed by atoms with Crippen LogP contribution in [0.4, 0.5) is 0 Å². The third-order valence-corrected chi connectivity index (χ3v) is 11.3. The Labute approximate surface area is 194 Å². The van der Waals surface area contributed by atoms with Gasteiger partial charge in [0.1, 0.15) is 0 Å². The second-order valence-corrected chi connectivity index (χ2v) is 18.1. The van der Waals surface area contributed by atoms with E-state index < -0.39 is 19.4 Å². The van der Waals surface area contributed by atoms with Crippen molar-refractivity contribution >= 4 is 28.7 Å². The molecule has 1 nitrogen and oxygen atoms in total. The molecule has 0 fully saturated rings. The fourth-order valence-electron chi connectivity index (χ4n) is 4.31. The van der Waals surface area contributed by atoms with Crippen molar-refractivity contribution in [3.8, 4) is 11.1 Å². The van der Waals surface area contributed by atoms with Crippen molar-refractivity contribution in [3.05, 3.63) is 81.8 Å². The summed E-state index contributed by atoms with van der Waals surface area (Å²) in [5.74, 6) is 1.79. The van der Waals surface area contributed by atoms with Crippen LogP contribution in [0.2, 0.25) is 0 Å². The number of rotatable bonds is 3. The van der Waals surface area contributed by atoms with Gasteiger partial charge in [-0.3, -0.25) is 0 Å². The number of hydrogen-bond donors (Lipinski definition) is 0. The summed E-state index contributed by atoms with van der Waals surface area (Å²) in [5.41, 5.74) is 10.2. The van der Waals surface area contributed by atoms with E-state index in [0.29, 0.717) is 0 Å². The van der Waals surface area contributed by atoms with Crippen LogP contribution in [0.1, 0.15) is 63.7 Å². The summed E-state index contributed by atoms with van der Waals surface area (Å²) in [7, 11) is 13.4. The maximum atomic E-state index is 6.70. The Balaban J connectivity index is 1.93. The quantitative estimate of drug-likeness (QED) is 0.339. The average molecular weight is 518 g/mol. The Morgan fingerprint density at radius 2 is 1.60 bits per heavy atom. The van der Waals surface area contributed by atoms with E-state index >= 15 is 0 Å². The molecule has 155 valence electrons. The molecule has 0 saturated heterocycles. The molecule has 1 aromatic heterocycles. The first-order chi connectivity index (χ1) is 14.1. The first kappa shape index (κ1) is 22.1. The predicted molar refractivity (Wildman–Crippen MR) is 126 cm³/mol. The van der Waals surface area contributed by atoms with E-state index in [0.717, 1.165) is 17.1 Å². The van der Waals surface area contributed by atoms with Gasteiger partial charge in [-0.05, 0) is 0 Å². The fourth-order valence-corrected chi connectivity index (χ4v) is 9.39. The van der Waals surface area contributed by atoms with Crippen LogP contribution in [0.25, 0.3) is 22.8 Å². The molecular formula is C26H27Cl2OZr. The van der Waals surface area contributed by atoms with Crippen molar-refractivity contribution in [2.24, 2.45) is 0 Å². The standard InChI is InChI=1S/C26H27O.2ClH.Zr/c1-16-13-20-14-21(24-12-7-17(2)27-24)15-23(20)25(18(16)3)19-8-10-22(11-9-19)26(4,5)6;;;/h7-15H,1-6H3;2*1H;/q;;;+2/p-2. The Bertz CT molecular complexity index is 1130. The van der Waals surface area contributed by atoms with Gasteiger partial charge in [0, 0.05) is 0 Å². The van der Waals surface area contributed by atoms with E-state index in [1.165, 1.54) is 38.9 Å². The van der Waals surface area contributed by atoms with E-state index in [9.17, 15) is 0 Å². The zero-order valence-electron chi connectivity index (χ0n) is 18.4. The number of fused-ring (bicyclic) bond motifs is 1. The summed E-state index contributed by atoms with van der Waals surface area (Å²) in [6, 6.07) is 15.3. The van der Waals surface area contributed by atoms with E-state index in [1.807, 2.05) is 19.1 Å². The van der Waals surface area contributed by atoms with Gasteiger partial charge in [0.05, 0.1) is 0 Å². The second kappa shape index (κ2) is 8.12. The van der Waals surface area contributed by atoms with Crippen molar-refractivity contribution in [3.63, 3.8) is 0 Å². The van der Waals surface area contributed by atoms with Crippen LogP contribution in [-0.4, -0.2) is 0 Å². The second-order valence-electron chi connectivity index (χ2n) is 9.26. The molecule has 0 spiro atoms.